The summed E-state index contributed by atoms with van der Waals surface area (Å²) >= 11 is 1.68. The van der Waals surface area contributed by atoms with E-state index in [1.54, 1.807) is 11.8 Å². The maximum absolute atomic E-state index is 4.39. The second-order valence-electron chi connectivity index (χ2n) is 2.12. The second kappa shape index (κ2) is 3.11. The standard InChI is InChI=1S/C6H12N2S/c1-7-6(9-2)8-5-3-4-5/h5H,3-4H2,1-2H3,(H,7,8). The Morgan fingerprint density at radius 3 is 2.67 bits per heavy atom. The molecule has 0 radical (unpaired) electrons. The van der Waals surface area contributed by atoms with Crippen LogP contribution in [0.15, 0.2) is 4.99 Å². The molecule has 1 aliphatic rings. The van der Waals surface area contributed by atoms with Gasteiger partial charge in [-0.15, -0.1) is 0 Å². The van der Waals surface area contributed by atoms with E-state index in [0.717, 1.165) is 5.17 Å². The number of thioether (sulfide) groups is 1. The number of nitrogens with zero attached hydrogens (tertiary/aromatic N) is 1. The monoisotopic (exact) mass is 144 g/mol. The van der Waals surface area contributed by atoms with Gasteiger partial charge in [-0.05, 0) is 19.1 Å². The van der Waals surface area contributed by atoms with Crippen molar-refractivity contribution >= 4 is 16.9 Å². The minimum atomic E-state index is 0.639. The summed E-state index contributed by atoms with van der Waals surface area (Å²) in [4.78, 5) is 4.39. The van der Waals surface area contributed by atoms with Gasteiger partial charge in [0.1, 0.15) is 0 Å². The molecule has 2 nitrogen and oxygen atoms in total. The van der Waals surface area contributed by atoms with E-state index in [-0.39, 0.29) is 0 Å². The first kappa shape index (κ1) is 6.93. The molecule has 1 aliphatic carbocycles. The van der Waals surface area contributed by atoms with E-state index >= 15 is 0 Å². The predicted octanol–water partition coefficient (Wildman–Crippen LogP) is 1.09. The van der Waals surface area contributed by atoms with Crippen LogP contribution in [0.2, 0.25) is 0 Å². The first-order chi connectivity index (χ1) is 4.36. The first-order valence-electron chi connectivity index (χ1n) is 3.16. The molecule has 0 saturated heterocycles. The van der Waals surface area contributed by atoms with Gasteiger partial charge in [0.2, 0.25) is 0 Å². The van der Waals surface area contributed by atoms with Crippen LogP contribution in [0.3, 0.4) is 0 Å². The molecule has 3 heteroatoms. The van der Waals surface area contributed by atoms with Gasteiger partial charge in [-0.3, -0.25) is 4.99 Å². The van der Waals surface area contributed by atoms with Crippen LogP contribution in [0.1, 0.15) is 12.8 Å². The number of rotatable bonds is 1. The Bertz CT molecular complexity index is 112. The van der Waals surface area contributed by atoms with E-state index in [4.69, 9.17) is 0 Å². The van der Waals surface area contributed by atoms with Crippen LogP contribution in [0.25, 0.3) is 0 Å². The van der Waals surface area contributed by atoms with Gasteiger partial charge in [-0.25, -0.2) is 0 Å². The molecule has 0 spiro atoms. The summed E-state index contributed by atoms with van der Waals surface area (Å²) in [6.07, 6.45) is 4.61. The number of nitrogens with one attached hydrogen (secondary N) is 1. The summed E-state index contributed by atoms with van der Waals surface area (Å²) in [6, 6.07) is 0.639. The van der Waals surface area contributed by atoms with Gasteiger partial charge in [0, 0.05) is 7.05 Å². The van der Waals surface area contributed by atoms with Crippen molar-refractivity contribution in [1.82, 2.24) is 5.32 Å². The first-order valence-corrected chi connectivity index (χ1v) is 4.39. The molecule has 1 fully saturated rings. The molecule has 0 aromatic carbocycles. The second-order valence-corrected chi connectivity index (χ2v) is 2.91. The molecule has 0 aliphatic heterocycles. The summed E-state index contributed by atoms with van der Waals surface area (Å²) in [6.45, 7) is 0. The molecule has 0 atom stereocenters. The SMILES string of the molecule is CNC(=NC1CC1)SC. The van der Waals surface area contributed by atoms with E-state index in [1.165, 1.54) is 12.8 Å². The van der Waals surface area contributed by atoms with E-state index in [9.17, 15) is 0 Å². The van der Waals surface area contributed by atoms with Crippen molar-refractivity contribution in [3.8, 4) is 0 Å². The Hall–Kier alpha value is -0.180. The zero-order valence-electron chi connectivity index (χ0n) is 5.85. The normalized spacial score (nSPS) is 20.0. The lowest BCUT2D eigenvalue weighted by Gasteiger charge is -1.98. The number of aliphatic imine (C=N–C) groups is 1. The van der Waals surface area contributed by atoms with Crippen LogP contribution >= 0.6 is 11.8 Å². The summed E-state index contributed by atoms with van der Waals surface area (Å²) in [5.41, 5.74) is 0. The van der Waals surface area contributed by atoms with Gasteiger partial charge in [0.05, 0.1) is 6.04 Å². The maximum Gasteiger partial charge on any atom is 0.156 e. The third-order valence-electron chi connectivity index (χ3n) is 1.25. The smallest absolute Gasteiger partial charge is 0.156 e. The van der Waals surface area contributed by atoms with E-state index < -0.39 is 0 Å². The van der Waals surface area contributed by atoms with Crippen LogP contribution in [0, 0.1) is 0 Å². The molecule has 0 bridgehead atoms. The quantitative estimate of drug-likeness (QED) is 0.440. The zero-order chi connectivity index (χ0) is 6.69. The van der Waals surface area contributed by atoms with Crippen molar-refractivity contribution in [3.05, 3.63) is 0 Å². The van der Waals surface area contributed by atoms with Gasteiger partial charge in [-0.1, -0.05) is 11.8 Å². The maximum atomic E-state index is 4.39. The van der Waals surface area contributed by atoms with E-state index in [2.05, 4.69) is 10.3 Å². The van der Waals surface area contributed by atoms with Gasteiger partial charge >= 0.3 is 0 Å². The van der Waals surface area contributed by atoms with Crippen LogP contribution in [0.5, 0.6) is 0 Å². The van der Waals surface area contributed by atoms with Crippen molar-refractivity contribution in [2.24, 2.45) is 4.99 Å². The van der Waals surface area contributed by atoms with Crippen molar-refractivity contribution in [2.75, 3.05) is 13.3 Å². The number of hydrogen-bond donors (Lipinski definition) is 1. The molecule has 0 unspecified atom stereocenters. The van der Waals surface area contributed by atoms with Crippen LogP contribution in [0.4, 0.5) is 0 Å². The van der Waals surface area contributed by atoms with Gasteiger partial charge in [-0.2, -0.15) is 0 Å². The third kappa shape index (κ3) is 2.26. The Labute approximate surface area is 60.1 Å². The fourth-order valence-corrected chi connectivity index (χ4v) is 1.05. The molecule has 1 N–H and O–H groups in total. The van der Waals surface area contributed by atoms with Crippen molar-refractivity contribution in [2.45, 2.75) is 18.9 Å². The highest BCUT2D eigenvalue weighted by Gasteiger charge is 2.20. The Balaban J connectivity index is 2.32. The Morgan fingerprint density at radius 1 is 1.67 bits per heavy atom. The molecular weight excluding hydrogens is 132 g/mol. The average Bonchev–Trinajstić information content (AvgIpc) is 2.66. The van der Waals surface area contributed by atoms with Gasteiger partial charge in [0.15, 0.2) is 5.17 Å². The number of amidine groups is 1. The third-order valence-corrected chi connectivity index (χ3v) is 1.95. The predicted molar refractivity (Wildman–Crippen MR) is 43.0 cm³/mol. The lowest BCUT2D eigenvalue weighted by atomic mass is 10.7. The molecule has 9 heavy (non-hydrogen) atoms. The highest BCUT2D eigenvalue weighted by Crippen LogP contribution is 2.24. The molecule has 1 saturated carbocycles. The largest absolute Gasteiger partial charge is 0.368 e. The van der Waals surface area contributed by atoms with Crippen LogP contribution < -0.4 is 5.32 Å². The van der Waals surface area contributed by atoms with Crippen molar-refractivity contribution in [1.29, 1.82) is 0 Å². The lowest BCUT2D eigenvalue weighted by molar-refractivity contribution is 1.04. The summed E-state index contributed by atoms with van der Waals surface area (Å²) in [5.74, 6) is 0. The molecule has 0 heterocycles. The summed E-state index contributed by atoms with van der Waals surface area (Å²) in [7, 11) is 1.91. The Kier molecular flexibility index (Phi) is 2.39. The molecule has 1 rings (SSSR count). The number of hydrogen-bond acceptors (Lipinski definition) is 2. The Morgan fingerprint density at radius 2 is 2.33 bits per heavy atom. The summed E-state index contributed by atoms with van der Waals surface area (Å²) in [5, 5.41) is 4.10. The topological polar surface area (TPSA) is 24.4 Å². The van der Waals surface area contributed by atoms with Crippen LogP contribution in [-0.4, -0.2) is 24.5 Å². The average molecular weight is 144 g/mol. The van der Waals surface area contributed by atoms with Crippen molar-refractivity contribution in [3.63, 3.8) is 0 Å². The van der Waals surface area contributed by atoms with Gasteiger partial charge in [0.25, 0.3) is 0 Å². The van der Waals surface area contributed by atoms with Crippen molar-refractivity contribution < 1.29 is 0 Å². The zero-order valence-corrected chi connectivity index (χ0v) is 6.66. The molecule has 0 aromatic rings. The van der Waals surface area contributed by atoms with Crippen LogP contribution in [-0.2, 0) is 0 Å². The van der Waals surface area contributed by atoms with Gasteiger partial charge < -0.3 is 5.32 Å². The summed E-state index contributed by atoms with van der Waals surface area (Å²) < 4.78 is 0. The molecule has 52 valence electrons. The minimum absolute atomic E-state index is 0.639. The van der Waals surface area contributed by atoms with E-state index in [1.807, 2.05) is 13.3 Å². The highest BCUT2D eigenvalue weighted by molar-refractivity contribution is 8.13. The minimum Gasteiger partial charge on any atom is -0.368 e. The molecular formula is C6H12N2S. The lowest BCUT2D eigenvalue weighted by Crippen LogP contribution is -2.14. The van der Waals surface area contributed by atoms with E-state index in [0.29, 0.717) is 6.04 Å². The fraction of sp³-hybridized carbons (Fsp3) is 0.833. The fourth-order valence-electron chi connectivity index (χ4n) is 0.589. The highest BCUT2D eigenvalue weighted by atomic mass is 32.2. The molecule has 0 amide bonds. The molecule has 0 aromatic heterocycles.